The predicted octanol–water partition coefficient (Wildman–Crippen LogP) is 0.902. The van der Waals surface area contributed by atoms with Crippen molar-refractivity contribution in [1.29, 1.82) is 0 Å². The van der Waals surface area contributed by atoms with Gasteiger partial charge in [0.1, 0.15) is 5.82 Å². The fraction of sp³-hybridized carbons (Fsp3) is 0.471. The van der Waals surface area contributed by atoms with Gasteiger partial charge in [0.05, 0.1) is 11.6 Å². The summed E-state index contributed by atoms with van der Waals surface area (Å²) in [5.74, 6) is -1.81. The van der Waals surface area contributed by atoms with Crippen molar-refractivity contribution >= 4 is 23.4 Å². The SMILES string of the molecule is NC(=O)C1CCN(C(=O)[C@@H]2CC(=O)N(c3ccccc3F)C2)CC1. The number of hydrogen-bond donors (Lipinski definition) is 1. The van der Waals surface area contributed by atoms with E-state index in [0.717, 1.165) is 0 Å². The summed E-state index contributed by atoms with van der Waals surface area (Å²) in [7, 11) is 0. The van der Waals surface area contributed by atoms with Gasteiger partial charge in [-0.15, -0.1) is 0 Å². The Hall–Kier alpha value is -2.44. The van der Waals surface area contributed by atoms with E-state index in [4.69, 9.17) is 5.73 Å². The number of nitrogens with zero attached hydrogens (tertiary/aromatic N) is 2. The molecule has 2 saturated heterocycles. The second kappa shape index (κ2) is 6.59. The van der Waals surface area contributed by atoms with E-state index in [1.54, 1.807) is 23.1 Å². The summed E-state index contributed by atoms with van der Waals surface area (Å²) >= 11 is 0. The number of para-hydroxylation sites is 1. The Balaban J connectivity index is 1.65. The lowest BCUT2D eigenvalue weighted by Gasteiger charge is -2.32. The molecule has 128 valence electrons. The number of nitrogens with two attached hydrogens (primary N) is 1. The fourth-order valence-electron chi connectivity index (χ4n) is 3.42. The summed E-state index contributed by atoms with van der Waals surface area (Å²) < 4.78 is 13.9. The molecule has 0 radical (unpaired) electrons. The van der Waals surface area contributed by atoms with E-state index in [1.165, 1.54) is 11.0 Å². The topological polar surface area (TPSA) is 83.7 Å². The van der Waals surface area contributed by atoms with Gasteiger partial charge in [-0.05, 0) is 25.0 Å². The lowest BCUT2D eigenvalue weighted by atomic mass is 9.95. The fourth-order valence-corrected chi connectivity index (χ4v) is 3.42. The number of hydrogen-bond acceptors (Lipinski definition) is 3. The van der Waals surface area contributed by atoms with Crippen LogP contribution >= 0.6 is 0 Å². The van der Waals surface area contributed by atoms with Crippen LogP contribution in [0, 0.1) is 17.7 Å². The average Bonchev–Trinajstić information content (AvgIpc) is 2.96. The third-order valence-electron chi connectivity index (χ3n) is 4.83. The van der Waals surface area contributed by atoms with Gasteiger partial charge < -0.3 is 15.5 Å². The van der Waals surface area contributed by atoms with Gasteiger partial charge in [-0.1, -0.05) is 12.1 Å². The van der Waals surface area contributed by atoms with E-state index in [9.17, 15) is 18.8 Å². The first-order chi connectivity index (χ1) is 11.5. The number of carbonyl (C=O) groups is 3. The van der Waals surface area contributed by atoms with Crippen molar-refractivity contribution in [2.75, 3.05) is 24.5 Å². The van der Waals surface area contributed by atoms with Gasteiger partial charge in [0, 0.05) is 32.0 Å². The number of amides is 3. The molecule has 2 aliphatic heterocycles. The summed E-state index contributed by atoms with van der Waals surface area (Å²) in [4.78, 5) is 39.0. The number of anilines is 1. The molecule has 0 aromatic heterocycles. The molecular weight excluding hydrogens is 313 g/mol. The number of benzene rings is 1. The van der Waals surface area contributed by atoms with Crippen LogP contribution in [0.5, 0.6) is 0 Å². The van der Waals surface area contributed by atoms with Crippen molar-refractivity contribution in [1.82, 2.24) is 4.90 Å². The van der Waals surface area contributed by atoms with Crippen LogP contribution in [0.4, 0.5) is 10.1 Å². The first kappa shape index (κ1) is 16.4. The molecule has 2 fully saturated rings. The Morgan fingerprint density at radius 3 is 2.42 bits per heavy atom. The second-order valence-electron chi connectivity index (χ2n) is 6.36. The summed E-state index contributed by atoms with van der Waals surface area (Å²) in [6, 6.07) is 6.06. The Morgan fingerprint density at radius 2 is 1.79 bits per heavy atom. The molecule has 0 saturated carbocycles. The highest BCUT2D eigenvalue weighted by Crippen LogP contribution is 2.29. The van der Waals surface area contributed by atoms with Gasteiger partial charge in [0.2, 0.25) is 17.7 Å². The minimum absolute atomic E-state index is 0.0862. The number of piperidine rings is 1. The van der Waals surface area contributed by atoms with Crippen LogP contribution in [-0.4, -0.2) is 42.3 Å². The van der Waals surface area contributed by atoms with E-state index in [1.807, 2.05) is 0 Å². The van der Waals surface area contributed by atoms with Crippen LogP contribution in [0.3, 0.4) is 0 Å². The minimum Gasteiger partial charge on any atom is -0.369 e. The second-order valence-corrected chi connectivity index (χ2v) is 6.36. The van der Waals surface area contributed by atoms with Gasteiger partial charge in [-0.25, -0.2) is 4.39 Å². The molecule has 7 heteroatoms. The summed E-state index contributed by atoms with van der Waals surface area (Å²) in [6.45, 7) is 1.13. The minimum atomic E-state index is -0.471. The molecule has 3 rings (SSSR count). The van der Waals surface area contributed by atoms with Gasteiger partial charge in [0.25, 0.3) is 0 Å². The highest BCUT2D eigenvalue weighted by molar-refractivity contribution is 6.00. The normalized spacial score (nSPS) is 22.0. The number of carbonyl (C=O) groups excluding carboxylic acids is 3. The molecule has 1 atom stereocenters. The van der Waals surface area contributed by atoms with Gasteiger partial charge >= 0.3 is 0 Å². The van der Waals surface area contributed by atoms with Crippen LogP contribution < -0.4 is 10.6 Å². The zero-order valence-electron chi connectivity index (χ0n) is 13.3. The number of likely N-dealkylation sites (tertiary alicyclic amines) is 1. The van der Waals surface area contributed by atoms with E-state index >= 15 is 0 Å². The molecular formula is C17H20FN3O3. The maximum absolute atomic E-state index is 13.9. The average molecular weight is 333 g/mol. The molecule has 2 N–H and O–H groups in total. The first-order valence-electron chi connectivity index (χ1n) is 8.10. The molecule has 1 aromatic carbocycles. The van der Waals surface area contributed by atoms with Gasteiger partial charge in [0.15, 0.2) is 0 Å². The Labute approximate surface area is 139 Å². The van der Waals surface area contributed by atoms with Crippen molar-refractivity contribution in [2.45, 2.75) is 19.3 Å². The van der Waals surface area contributed by atoms with Crippen molar-refractivity contribution in [3.05, 3.63) is 30.1 Å². The lowest BCUT2D eigenvalue weighted by molar-refractivity contribution is -0.138. The summed E-state index contributed by atoms with van der Waals surface area (Å²) in [5.41, 5.74) is 5.51. The Morgan fingerprint density at radius 1 is 1.12 bits per heavy atom. The summed E-state index contributed by atoms with van der Waals surface area (Å²) in [5, 5.41) is 0. The maximum Gasteiger partial charge on any atom is 0.228 e. The zero-order chi connectivity index (χ0) is 17.3. The molecule has 2 heterocycles. The number of rotatable bonds is 3. The maximum atomic E-state index is 13.9. The van der Waals surface area contributed by atoms with E-state index in [2.05, 4.69) is 0 Å². The van der Waals surface area contributed by atoms with Crippen LogP contribution in [0.1, 0.15) is 19.3 Å². The highest BCUT2D eigenvalue weighted by atomic mass is 19.1. The molecule has 6 nitrogen and oxygen atoms in total. The molecule has 0 bridgehead atoms. The third kappa shape index (κ3) is 3.11. The van der Waals surface area contributed by atoms with Crippen molar-refractivity contribution in [3.63, 3.8) is 0 Å². The smallest absolute Gasteiger partial charge is 0.228 e. The monoisotopic (exact) mass is 333 g/mol. The Bertz CT molecular complexity index is 671. The van der Waals surface area contributed by atoms with Crippen LogP contribution in [0.15, 0.2) is 24.3 Å². The van der Waals surface area contributed by atoms with Crippen LogP contribution in [0.2, 0.25) is 0 Å². The third-order valence-corrected chi connectivity index (χ3v) is 4.83. The van der Waals surface area contributed by atoms with E-state index in [0.29, 0.717) is 25.9 Å². The largest absolute Gasteiger partial charge is 0.369 e. The summed E-state index contributed by atoms with van der Waals surface area (Å²) in [6.07, 6.45) is 1.19. The van der Waals surface area contributed by atoms with Gasteiger partial charge in [-0.2, -0.15) is 0 Å². The van der Waals surface area contributed by atoms with E-state index < -0.39 is 11.7 Å². The van der Waals surface area contributed by atoms with Crippen LogP contribution in [0.25, 0.3) is 0 Å². The van der Waals surface area contributed by atoms with Crippen LogP contribution in [-0.2, 0) is 14.4 Å². The predicted molar refractivity (Wildman–Crippen MR) is 85.4 cm³/mol. The lowest BCUT2D eigenvalue weighted by Crippen LogP contribution is -2.44. The Kier molecular flexibility index (Phi) is 4.51. The molecule has 1 aromatic rings. The molecule has 24 heavy (non-hydrogen) atoms. The standard InChI is InChI=1S/C17H20FN3O3/c18-13-3-1-2-4-14(13)21-10-12(9-15(21)22)17(24)20-7-5-11(6-8-20)16(19)23/h1-4,11-12H,5-10H2,(H2,19,23)/t12-/m1/s1. The molecule has 3 amide bonds. The molecule has 0 unspecified atom stereocenters. The van der Waals surface area contributed by atoms with E-state index in [-0.39, 0.29) is 42.3 Å². The molecule has 0 aliphatic carbocycles. The first-order valence-corrected chi connectivity index (χ1v) is 8.10. The number of primary amides is 1. The number of halogens is 1. The highest BCUT2D eigenvalue weighted by Gasteiger charge is 2.39. The molecule has 0 spiro atoms. The molecule has 2 aliphatic rings. The van der Waals surface area contributed by atoms with Crippen molar-refractivity contribution in [2.24, 2.45) is 17.6 Å². The van der Waals surface area contributed by atoms with Gasteiger partial charge in [-0.3, -0.25) is 14.4 Å². The zero-order valence-corrected chi connectivity index (χ0v) is 13.3. The quantitative estimate of drug-likeness (QED) is 0.892. The van der Waals surface area contributed by atoms with Crippen molar-refractivity contribution < 1.29 is 18.8 Å². The van der Waals surface area contributed by atoms with Crippen molar-refractivity contribution in [3.8, 4) is 0 Å².